The SMILES string of the molecule is CCOC(=O)CCC1=CC2CCC1C2. The number of carbonyl (C=O) groups is 1. The summed E-state index contributed by atoms with van der Waals surface area (Å²) in [6.45, 7) is 2.36. The van der Waals surface area contributed by atoms with E-state index in [1.807, 2.05) is 6.92 Å². The minimum atomic E-state index is -0.0452. The van der Waals surface area contributed by atoms with E-state index in [0.717, 1.165) is 18.3 Å². The number of esters is 1. The molecule has 0 heterocycles. The van der Waals surface area contributed by atoms with Gasteiger partial charge in [-0.25, -0.2) is 0 Å². The van der Waals surface area contributed by atoms with Gasteiger partial charge in [0.25, 0.3) is 0 Å². The molecule has 0 aliphatic heterocycles. The third kappa shape index (κ3) is 1.99. The van der Waals surface area contributed by atoms with Crippen LogP contribution in [0.25, 0.3) is 0 Å². The molecule has 0 aromatic heterocycles. The predicted octanol–water partition coefficient (Wildman–Crippen LogP) is 2.69. The third-order valence-electron chi connectivity index (χ3n) is 3.37. The van der Waals surface area contributed by atoms with Crippen molar-refractivity contribution < 1.29 is 9.53 Å². The van der Waals surface area contributed by atoms with Gasteiger partial charge in [-0.15, -0.1) is 0 Å². The van der Waals surface area contributed by atoms with Crippen LogP contribution in [0.15, 0.2) is 11.6 Å². The van der Waals surface area contributed by atoms with Crippen molar-refractivity contribution in [3.63, 3.8) is 0 Å². The molecule has 2 aliphatic rings. The van der Waals surface area contributed by atoms with Crippen LogP contribution in [0.1, 0.15) is 39.0 Å². The van der Waals surface area contributed by atoms with Crippen LogP contribution in [0, 0.1) is 11.8 Å². The molecule has 0 N–H and O–H groups in total. The summed E-state index contributed by atoms with van der Waals surface area (Å²) in [5, 5.41) is 0. The van der Waals surface area contributed by atoms with Crippen molar-refractivity contribution in [3.05, 3.63) is 11.6 Å². The largest absolute Gasteiger partial charge is 0.466 e. The van der Waals surface area contributed by atoms with E-state index in [-0.39, 0.29) is 5.97 Å². The third-order valence-corrected chi connectivity index (χ3v) is 3.37. The zero-order chi connectivity index (χ0) is 9.97. The number of carbonyl (C=O) groups excluding carboxylic acids is 1. The average Bonchev–Trinajstić information content (AvgIpc) is 2.76. The molecule has 2 aliphatic carbocycles. The topological polar surface area (TPSA) is 26.3 Å². The first-order valence-corrected chi connectivity index (χ1v) is 5.65. The minimum absolute atomic E-state index is 0.0452. The predicted molar refractivity (Wildman–Crippen MR) is 54.8 cm³/mol. The molecule has 2 bridgehead atoms. The van der Waals surface area contributed by atoms with Gasteiger partial charge in [-0.05, 0) is 44.4 Å². The lowest BCUT2D eigenvalue weighted by atomic mass is 9.95. The highest BCUT2D eigenvalue weighted by molar-refractivity contribution is 5.69. The van der Waals surface area contributed by atoms with Crippen molar-refractivity contribution in [2.45, 2.75) is 39.0 Å². The first-order chi connectivity index (χ1) is 6.79. The Kier molecular flexibility index (Phi) is 2.90. The zero-order valence-electron chi connectivity index (χ0n) is 8.79. The summed E-state index contributed by atoms with van der Waals surface area (Å²) in [5.74, 6) is 1.59. The summed E-state index contributed by atoms with van der Waals surface area (Å²) in [7, 11) is 0. The monoisotopic (exact) mass is 194 g/mol. The average molecular weight is 194 g/mol. The second-order valence-electron chi connectivity index (χ2n) is 4.32. The van der Waals surface area contributed by atoms with Gasteiger partial charge >= 0.3 is 5.97 Å². The lowest BCUT2D eigenvalue weighted by Gasteiger charge is -2.12. The molecule has 14 heavy (non-hydrogen) atoms. The lowest BCUT2D eigenvalue weighted by molar-refractivity contribution is -0.143. The van der Waals surface area contributed by atoms with Gasteiger partial charge in [0.15, 0.2) is 0 Å². The standard InChI is InChI=1S/C12H18O2/c1-2-14-12(13)6-5-11-8-9-3-4-10(11)7-9/h8-10H,2-7H2,1H3. The molecule has 2 unspecified atom stereocenters. The van der Waals surface area contributed by atoms with Crippen molar-refractivity contribution in [2.24, 2.45) is 11.8 Å². The quantitative estimate of drug-likeness (QED) is 0.508. The number of ether oxygens (including phenoxy) is 1. The van der Waals surface area contributed by atoms with E-state index in [1.54, 1.807) is 0 Å². The fourth-order valence-electron chi connectivity index (χ4n) is 2.71. The van der Waals surface area contributed by atoms with Crippen molar-refractivity contribution in [1.29, 1.82) is 0 Å². The summed E-state index contributed by atoms with van der Waals surface area (Å²) in [6.07, 6.45) is 7.96. The Bertz CT molecular complexity index is 255. The van der Waals surface area contributed by atoms with E-state index in [2.05, 4.69) is 6.08 Å². The highest BCUT2D eigenvalue weighted by Crippen LogP contribution is 2.45. The van der Waals surface area contributed by atoms with Gasteiger partial charge in [0, 0.05) is 6.42 Å². The van der Waals surface area contributed by atoms with E-state index in [1.165, 1.54) is 24.8 Å². The van der Waals surface area contributed by atoms with Gasteiger partial charge < -0.3 is 4.74 Å². The second kappa shape index (κ2) is 4.16. The molecule has 78 valence electrons. The van der Waals surface area contributed by atoms with Crippen LogP contribution < -0.4 is 0 Å². The van der Waals surface area contributed by atoms with Crippen LogP contribution in [0.2, 0.25) is 0 Å². The Morgan fingerprint density at radius 2 is 2.43 bits per heavy atom. The van der Waals surface area contributed by atoms with E-state index in [9.17, 15) is 4.79 Å². The van der Waals surface area contributed by atoms with Gasteiger partial charge in [0.05, 0.1) is 6.61 Å². The fourth-order valence-corrected chi connectivity index (χ4v) is 2.71. The molecule has 0 radical (unpaired) electrons. The van der Waals surface area contributed by atoms with Crippen molar-refractivity contribution in [2.75, 3.05) is 6.61 Å². The molecule has 2 atom stereocenters. The molecular formula is C12H18O2. The number of fused-ring (bicyclic) bond motifs is 2. The first-order valence-electron chi connectivity index (χ1n) is 5.65. The Morgan fingerprint density at radius 3 is 3.00 bits per heavy atom. The molecule has 0 spiro atoms. The summed E-state index contributed by atoms with van der Waals surface area (Å²) >= 11 is 0. The maximum absolute atomic E-state index is 11.2. The number of hydrogen-bond acceptors (Lipinski definition) is 2. The van der Waals surface area contributed by atoms with Crippen LogP contribution in [-0.2, 0) is 9.53 Å². The Morgan fingerprint density at radius 1 is 1.57 bits per heavy atom. The maximum atomic E-state index is 11.2. The van der Waals surface area contributed by atoms with Gasteiger partial charge in [0.1, 0.15) is 0 Å². The van der Waals surface area contributed by atoms with Crippen LogP contribution in [0.5, 0.6) is 0 Å². The Hall–Kier alpha value is -0.790. The van der Waals surface area contributed by atoms with Crippen molar-refractivity contribution in [3.8, 4) is 0 Å². The Balaban J connectivity index is 1.76. The van der Waals surface area contributed by atoms with Crippen LogP contribution in [0.3, 0.4) is 0 Å². The molecule has 2 heteroatoms. The minimum Gasteiger partial charge on any atom is -0.466 e. The van der Waals surface area contributed by atoms with Gasteiger partial charge in [-0.2, -0.15) is 0 Å². The lowest BCUT2D eigenvalue weighted by Crippen LogP contribution is -2.06. The fraction of sp³-hybridized carbons (Fsp3) is 0.750. The summed E-state index contributed by atoms with van der Waals surface area (Å²) in [4.78, 5) is 11.2. The Labute approximate surface area is 85.3 Å². The van der Waals surface area contributed by atoms with Crippen molar-refractivity contribution >= 4 is 5.97 Å². The maximum Gasteiger partial charge on any atom is 0.306 e. The smallest absolute Gasteiger partial charge is 0.306 e. The molecule has 1 fully saturated rings. The van der Waals surface area contributed by atoms with E-state index in [0.29, 0.717) is 13.0 Å². The summed E-state index contributed by atoms with van der Waals surface area (Å²) < 4.78 is 4.92. The van der Waals surface area contributed by atoms with Crippen molar-refractivity contribution in [1.82, 2.24) is 0 Å². The van der Waals surface area contributed by atoms with E-state index >= 15 is 0 Å². The van der Waals surface area contributed by atoms with Gasteiger partial charge in [0.2, 0.25) is 0 Å². The molecule has 0 amide bonds. The summed E-state index contributed by atoms with van der Waals surface area (Å²) in [5.41, 5.74) is 1.52. The van der Waals surface area contributed by atoms with E-state index < -0.39 is 0 Å². The second-order valence-corrected chi connectivity index (χ2v) is 4.32. The highest BCUT2D eigenvalue weighted by Gasteiger charge is 2.32. The normalized spacial score (nSPS) is 29.1. The number of rotatable bonds is 4. The molecule has 2 rings (SSSR count). The molecular weight excluding hydrogens is 176 g/mol. The molecule has 0 saturated heterocycles. The molecule has 0 aromatic carbocycles. The zero-order valence-corrected chi connectivity index (χ0v) is 8.79. The number of allylic oxidation sites excluding steroid dienone is 2. The molecule has 1 saturated carbocycles. The van der Waals surface area contributed by atoms with E-state index in [4.69, 9.17) is 4.74 Å². The van der Waals surface area contributed by atoms with Crippen LogP contribution >= 0.6 is 0 Å². The summed E-state index contributed by atoms with van der Waals surface area (Å²) in [6, 6.07) is 0. The van der Waals surface area contributed by atoms with Gasteiger partial charge in [-0.1, -0.05) is 11.6 Å². The number of hydrogen-bond donors (Lipinski definition) is 0. The van der Waals surface area contributed by atoms with Crippen LogP contribution in [-0.4, -0.2) is 12.6 Å². The van der Waals surface area contributed by atoms with Crippen LogP contribution in [0.4, 0.5) is 0 Å². The molecule has 2 nitrogen and oxygen atoms in total. The van der Waals surface area contributed by atoms with Gasteiger partial charge in [-0.3, -0.25) is 4.79 Å². The first kappa shape index (κ1) is 9.75. The highest BCUT2D eigenvalue weighted by atomic mass is 16.5. The molecule has 0 aromatic rings.